The molecule has 1 N–H and O–H groups in total. The molecule has 0 atom stereocenters. The molecule has 1 amide bonds. The SMILES string of the molecule is CNC(=O)c1ccc2[c](c1)[Pb][CH2]C2. The van der Waals surface area contributed by atoms with Crippen molar-refractivity contribution in [2.75, 3.05) is 7.05 Å². The summed E-state index contributed by atoms with van der Waals surface area (Å²) in [5, 5.41) is 2.66. The number of rotatable bonds is 1. The number of fused-ring (bicyclic) bond motifs is 1. The zero-order chi connectivity index (χ0) is 9.26. The van der Waals surface area contributed by atoms with Gasteiger partial charge in [0.1, 0.15) is 0 Å². The molecule has 1 aromatic carbocycles. The number of aryl methyl sites for hydroxylation is 1. The fourth-order valence-electron chi connectivity index (χ4n) is 1.58. The van der Waals surface area contributed by atoms with Gasteiger partial charge < -0.3 is 0 Å². The third-order valence-electron chi connectivity index (χ3n) is 2.31. The molecule has 1 aromatic rings. The molecular formula is C10H11NOPb. The monoisotopic (exact) mass is 369 g/mol. The first-order chi connectivity index (χ1) is 6.31. The van der Waals surface area contributed by atoms with Crippen LogP contribution in [0, 0.1) is 0 Å². The maximum absolute atomic E-state index is 11.3. The first kappa shape index (κ1) is 9.18. The normalized spacial score (nSPS) is 13.9. The van der Waals surface area contributed by atoms with Crippen molar-refractivity contribution in [3.05, 3.63) is 29.3 Å². The third-order valence-corrected chi connectivity index (χ3v) is 7.54. The second-order valence-corrected chi connectivity index (χ2v) is 8.54. The summed E-state index contributed by atoms with van der Waals surface area (Å²) in [5.74, 6) is 0.0401. The van der Waals surface area contributed by atoms with Gasteiger partial charge in [-0.2, -0.15) is 0 Å². The van der Waals surface area contributed by atoms with Crippen molar-refractivity contribution in [1.82, 2.24) is 5.32 Å². The van der Waals surface area contributed by atoms with Crippen molar-refractivity contribution >= 4 is 33.3 Å². The summed E-state index contributed by atoms with van der Waals surface area (Å²) >= 11 is -0.519. The van der Waals surface area contributed by atoms with Gasteiger partial charge in [0, 0.05) is 0 Å². The van der Waals surface area contributed by atoms with Gasteiger partial charge in [0.15, 0.2) is 0 Å². The molecule has 2 radical (unpaired) electrons. The van der Waals surface area contributed by atoms with E-state index in [9.17, 15) is 4.79 Å². The molecule has 0 spiro atoms. The van der Waals surface area contributed by atoms with E-state index in [0.29, 0.717) is 0 Å². The number of nitrogens with one attached hydrogen (secondary N) is 1. The van der Waals surface area contributed by atoms with Crippen molar-refractivity contribution in [3.8, 4) is 0 Å². The van der Waals surface area contributed by atoms with E-state index in [1.165, 1.54) is 16.0 Å². The standard InChI is InChI=1S/C10H11NO.Pb/c1-3-8-4-6-9(7-5-8)10(12)11-2;/h4,6-7H,1,3H2,2H3,(H,11,12);. The summed E-state index contributed by atoms with van der Waals surface area (Å²) in [6, 6.07) is 6.16. The summed E-state index contributed by atoms with van der Waals surface area (Å²) in [5.41, 5.74) is 2.33. The number of benzene rings is 1. The molecule has 0 aromatic heterocycles. The van der Waals surface area contributed by atoms with Crippen molar-refractivity contribution in [1.29, 1.82) is 0 Å². The van der Waals surface area contributed by atoms with Crippen LogP contribution in [0.25, 0.3) is 0 Å². The Morgan fingerprint density at radius 1 is 1.54 bits per heavy atom. The number of carbonyl (C=O) groups is 1. The molecule has 0 saturated heterocycles. The second-order valence-electron chi connectivity index (χ2n) is 3.13. The molecule has 2 nitrogen and oxygen atoms in total. The van der Waals surface area contributed by atoms with E-state index >= 15 is 0 Å². The van der Waals surface area contributed by atoms with Crippen LogP contribution < -0.4 is 8.44 Å². The minimum absolute atomic E-state index is 0.0401. The molecule has 1 aliphatic heterocycles. The Morgan fingerprint density at radius 2 is 2.38 bits per heavy atom. The fourth-order valence-corrected chi connectivity index (χ4v) is 6.85. The van der Waals surface area contributed by atoms with Crippen LogP contribution in [0.5, 0.6) is 0 Å². The van der Waals surface area contributed by atoms with E-state index in [-0.39, 0.29) is 5.91 Å². The van der Waals surface area contributed by atoms with Gasteiger partial charge >= 0.3 is 90.2 Å². The van der Waals surface area contributed by atoms with Crippen LogP contribution in [0.4, 0.5) is 0 Å². The predicted octanol–water partition coefficient (Wildman–Crippen LogP) is 0.350. The van der Waals surface area contributed by atoms with Crippen LogP contribution >= 0.6 is 0 Å². The minimum atomic E-state index is -0.519. The van der Waals surface area contributed by atoms with Gasteiger partial charge in [-0.25, -0.2) is 0 Å². The Balaban J connectivity index is 2.36. The van der Waals surface area contributed by atoms with E-state index in [0.717, 1.165) is 5.56 Å². The first-order valence-corrected chi connectivity index (χ1v) is 9.09. The van der Waals surface area contributed by atoms with Crippen molar-refractivity contribution < 1.29 is 4.79 Å². The molecule has 0 unspecified atom stereocenters. The summed E-state index contributed by atoms with van der Waals surface area (Å²) in [7, 11) is 1.68. The number of amides is 1. The van der Waals surface area contributed by atoms with Crippen LogP contribution in [-0.2, 0) is 6.42 Å². The van der Waals surface area contributed by atoms with Crippen LogP contribution in [0.1, 0.15) is 15.9 Å². The maximum atomic E-state index is 11.3. The van der Waals surface area contributed by atoms with Gasteiger partial charge in [-0.1, -0.05) is 0 Å². The Labute approximate surface area is 89.9 Å². The molecule has 0 fully saturated rings. The van der Waals surface area contributed by atoms with Gasteiger partial charge in [-0.15, -0.1) is 0 Å². The Morgan fingerprint density at radius 3 is 3.15 bits per heavy atom. The Bertz CT molecular complexity index is 349. The van der Waals surface area contributed by atoms with Gasteiger partial charge in [-0.05, 0) is 0 Å². The molecule has 66 valence electrons. The molecule has 3 heteroatoms. The summed E-state index contributed by atoms with van der Waals surface area (Å²) in [6.45, 7) is 0. The number of hydrogen-bond acceptors (Lipinski definition) is 1. The van der Waals surface area contributed by atoms with Gasteiger partial charge in [-0.3, -0.25) is 0 Å². The zero-order valence-electron chi connectivity index (χ0n) is 7.55. The van der Waals surface area contributed by atoms with Crippen LogP contribution in [0.2, 0.25) is 3.98 Å². The van der Waals surface area contributed by atoms with Crippen molar-refractivity contribution in [2.24, 2.45) is 0 Å². The number of carbonyl (C=O) groups excluding carboxylic acids is 1. The molecule has 2 rings (SSSR count). The fraction of sp³-hybridized carbons (Fsp3) is 0.300. The van der Waals surface area contributed by atoms with Crippen molar-refractivity contribution in [2.45, 2.75) is 10.4 Å². The van der Waals surface area contributed by atoms with E-state index in [2.05, 4.69) is 17.4 Å². The topological polar surface area (TPSA) is 29.1 Å². The molecule has 1 heterocycles. The van der Waals surface area contributed by atoms with E-state index in [1.807, 2.05) is 6.07 Å². The Hall–Kier alpha value is -0.388. The van der Waals surface area contributed by atoms with E-state index < -0.39 is 24.2 Å². The summed E-state index contributed by atoms with van der Waals surface area (Å²) in [4.78, 5) is 11.3. The first-order valence-electron chi connectivity index (χ1n) is 4.40. The predicted molar refractivity (Wildman–Crippen MR) is 53.7 cm³/mol. The summed E-state index contributed by atoms with van der Waals surface area (Å²) < 4.78 is 2.97. The molecule has 0 saturated carbocycles. The van der Waals surface area contributed by atoms with Gasteiger partial charge in [0.2, 0.25) is 0 Å². The second kappa shape index (κ2) is 3.78. The Kier molecular flexibility index (Phi) is 2.67. The molecule has 0 aliphatic carbocycles. The number of hydrogen-bond donors (Lipinski definition) is 1. The zero-order valence-corrected chi connectivity index (χ0v) is 11.4. The molecular weight excluding hydrogens is 357 g/mol. The van der Waals surface area contributed by atoms with E-state index in [1.54, 1.807) is 10.2 Å². The third kappa shape index (κ3) is 1.77. The van der Waals surface area contributed by atoms with Gasteiger partial charge in [0.25, 0.3) is 0 Å². The average molecular weight is 368 g/mol. The van der Waals surface area contributed by atoms with Gasteiger partial charge in [0.05, 0.1) is 0 Å². The quantitative estimate of drug-likeness (QED) is 0.713. The molecule has 1 aliphatic rings. The van der Waals surface area contributed by atoms with Crippen molar-refractivity contribution in [3.63, 3.8) is 0 Å². The van der Waals surface area contributed by atoms with Crippen LogP contribution in [0.3, 0.4) is 0 Å². The van der Waals surface area contributed by atoms with Crippen LogP contribution in [0.15, 0.2) is 18.2 Å². The molecule has 13 heavy (non-hydrogen) atoms. The summed E-state index contributed by atoms with van der Waals surface area (Å²) in [6.07, 6.45) is 1.26. The average Bonchev–Trinajstić information content (AvgIpc) is 2.63. The molecule has 0 bridgehead atoms. The van der Waals surface area contributed by atoms with E-state index in [4.69, 9.17) is 0 Å². The van der Waals surface area contributed by atoms with Crippen LogP contribution in [-0.4, -0.2) is 37.2 Å².